The van der Waals surface area contributed by atoms with Crippen LogP contribution < -0.4 is 10.5 Å². The Morgan fingerprint density at radius 2 is 1.84 bits per heavy atom. The van der Waals surface area contributed by atoms with Gasteiger partial charge in [-0.05, 0) is 23.1 Å². The Balaban J connectivity index is 2.05. The van der Waals surface area contributed by atoms with Crippen molar-refractivity contribution in [3.05, 3.63) is 48.0 Å². The van der Waals surface area contributed by atoms with Gasteiger partial charge < -0.3 is 10.5 Å². The first-order valence-electron chi connectivity index (χ1n) is 6.25. The molecular formula is C15H19N3O. The number of anilines is 1. The molecule has 19 heavy (non-hydrogen) atoms. The van der Waals surface area contributed by atoms with E-state index in [2.05, 4.69) is 42.9 Å². The van der Waals surface area contributed by atoms with Gasteiger partial charge in [-0.15, -0.1) is 0 Å². The van der Waals surface area contributed by atoms with E-state index in [0.717, 1.165) is 5.75 Å². The molecule has 0 bridgehead atoms. The highest BCUT2D eigenvalue weighted by atomic mass is 16.5. The maximum atomic E-state index is 5.70. The van der Waals surface area contributed by atoms with Gasteiger partial charge in [-0.25, -0.2) is 9.97 Å². The normalized spacial score (nSPS) is 11.3. The van der Waals surface area contributed by atoms with Crippen molar-refractivity contribution in [1.82, 2.24) is 9.97 Å². The number of nitrogen functional groups attached to an aromatic ring is 1. The first-order valence-corrected chi connectivity index (χ1v) is 6.25. The first kappa shape index (κ1) is 13.3. The second-order valence-electron chi connectivity index (χ2n) is 5.50. The summed E-state index contributed by atoms with van der Waals surface area (Å²) in [6.07, 6.45) is 3.16. The fourth-order valence-corrected chi connectivity index (χ4v) is 1.64. The van der Waals surface area contributed by atoms with Crippen LogP contribution in [0.4, 0.5) is 5.69 Å². The Kier molecular flexibility index (Phi) is 3.69. The predicted molar refractivity (Wildman–Crippen MR) is 75.9 cm³/mol. The number of benzene rings is 1. The fraction of sp³-hybridized carbons (Fsp3) is 0.333. The van der Waals surface area contributed by atoms with Crippen LogP contribution in [0.1, 0.15) is 32.2 Å². The molecule has 0 spiro atoms. The highest BCUT2D eigenvalue weighted by Crippen LogP contribution is 2.25. The van der Waals surface area contributed by atoms with E-state index in [1.807, 2.05) is 12.1 Å². The molecule has 0 amide bonds. The van der Waals surface area contributed by atoms with Gasteiger partial charge in [0.15, 0.2) is 5.82 Å². The molecule has 0 saturated carbocycles. The van der Waals surface area contributed by atoms with Gasteiger partial charge in [0.25, 0.3) is 0 Å². The molecule has 1 aromatic heterocycles. The largest absolute Gasteiger partial charge is 0.486 e. The van der Waals surface area contributed by atoms with E-state index in [1.165, 1.54) is 5.56 Å². The van der Waals surface area contributed by atoms with E-state index in [4.69, 9.17) is 10.5 Å². The van der Waals surface area contributed by atoms with Crippen molar-refractivity contribution in [2.75, 3.05) is 5.73 Å². The van der Waals surface area contributed by atoms with Gasteiger partial charge in [-0.1, -0.05) is 32.9 Å². The van der Waals surface area contributed by atoms with E-state index in [9.17, 15) is 0 Å². The highest BCUT2D eigenvalue weighted by molar-refractivity contribution is 5.33. The molecule has 0 radical (unpaired) electrons. The number of hydrogen-bond donors (Lipinski definition) is 1. The van der Waals surface area contributed by atoms with Crippen LogP contribution in [0.2, 0.25) is 0 Å². The summed E-state index contributed by atoms with van der Waals surface area (Å²) in [7, 11) is 0. The number of nitrogens with zero attached hydrogens (tertiary/aromatic N) is 2. The van der Waals surface area contributed by atoms with E-state index in [1.54, 1.807) is 12.4 Å². The molecular weight excluding hydrogens is 238 g/mol. The number of rotatable bonds is 3. The molecule has 0 atom stereocenters. The van der Waals surface area contributed by atoms with Gasteiger partial charge in [-0.2, -0.15) is 0 Å². The zero-order valence-corrected chi connectivity index (χ0v) is 11.6. The van der Waals surface area contributed by atoms with Crippen molar-refractivity contribution in [3.63, 3.8) is 0 Å². The van der Waals surface area contributed by atoms with Gasteiger partial charge in [0, 0.05) is 0 Å². The Bertz CT molecular complexity index is 544. The van der Waals surface area contributed by atoms with Gasteiger partial charge in [0.2, 0.25) is 0 Å². The Hall–Kier alpha value is -2.10. The molecule has 0 unspecified atom stereocenters. The summed E-state index contributed by atoms with van der Waals surface area (Å²) in [6, 6.07) is 8.09. The number of aromatic nitrogens is 2. The van der Waals surface area contributed by atoms with Crippen molar-refractivity contribution in [1.29, 1.82) is 0 Å². The van der Waals surface area contributed by atoms with Crippen molar-refractivity contribution >= 4 is 5.69 Å². The standard InChI is InChI=1S/C15H19N3O/c1-15(2,3)11-5-4-6-13(7-11)19-10-14-17-8-12(16)9-18-14/h4-9H,10,16H2,1-3H3. The van der Waals surface area contributed by atoms with Crippen molar-refractivity contribution in [2.45, 2.75) is 32.8 Å². The van der Waals surface area contributed by atoms with Gasteiger partial charge in [-0.3, -0.25) is 0 Å². The molecule has 4 heteroatoms. The third kappa shape index (κ3) is 3.68. The summed E-state index contributed by atoms with van der Waals surface area (Å²) in [5.74, 6) is 1.45. The van der Waals surface area contributed by atoms with Crippen LogP contribution in [-0.2, 0) is 12.0 Å². The van der Waals surface area contributed by atoms with Gasteiger partial charge >= 0.3 is 0 Å². The van der Waals surface area contributed by atoms with Crippen LogP contribution in [-0.4, -0.2) is 9.97 Å². The second-order valence-corrected chi connectivity index (χ2v) is 5.50. The van der Waals surface area contributed by atoms with Crippen LogP contribution in [0, 0.1) is 0 Å². The summed E-state index contributed by atoms with van der Waals surface area (Å²) in [5, 5.41) is 0. The van der Waals surface area contributed by atoms with Crippen LogP contribution in [0.15, 0.2) is 36.7 Å². The molecule has 100 valence electrons. The highest BCUT2D eigenvalue weighted by Gasteiger charge is 2.13. The summed E-state index contributed by atoms with van der Waals surface area (Å²) >= 11 is 0. The average Bonchev–Trinajstić information content (AvgIpc) is 2.37. The smallest absolute Gasteiger partial charge is 0.166 e. The van der Waals surface area contributed by atoms with Crippen LogP contribution in [0.3, 0.4) is 0 Å². The molecule has 0 fully saturated rings. The quantitative estimate of drug-likeness (QED) is 0.918. The predicted octanol–water partition coefficient (Wildman–Crippen LogP) is 2.94. The fourth-order valence-electron chi connectivity index (χ4n) is 1.64. The average molecular weight is 257 g/mol. The summed E-state index contributed by atoms with van der Waals surface area (Å²) in [5.41, 5.74) is 7.44. The zero-order valence-electron chi connectivity index (χ0n) is 11.6. The van der Waals surface area contributed by atoms with Crippen molar-refractivity contribution in [2.24, 2.45) is 0 Å². The minimum absolute atomic E-state index is 0.108. The van der Waals surface area contributed by atoms with Crippen LogP contribution in [0.5, 0.6) is 5.75 Å². The Labute approximate surface area is 113 Å². The SMILES string of the molecule is CC(C)(C)c1cccc(OCc2ncc(N)cn2)c1. The number of nitrogens with two attached hydrogens (primary N) is 1. The first-order chi connectivity index (χ1) is 8.95. The summed E-state index contributed by atoms with van der Waals surface area (Å²) < 4.78 is 5.70. The summed E-state index contributed by atoms with van der Waals surface area (Å²) in [4.78, 5) is 8.21. The minimum atomic E-state index is 0.108. The third-order valence-electron chi connectivity index (χ3n) is 2.79. The Morgan fingerprint density at radius 1 is 1.16 bits per heavy atom. The molecule has 0 aliphatic carbocycles. The molecule has 2 aromatic rings. The van der Waals surface area contributed by atoms with Crippen LogP contribution >= 0.6 is 0 Å². The van der Waals surface area contributed by atoms with E-state index in [-0.39, 0.29) is 5.41 Å². The molecule has 0 aliphatic rings. The summed E-state index contributed by atoms with van der Waals surface area (Å²) in [6.45, 7) is 6.87. The van der Waals surface area contributed by atoms with Gasteiger partial charge in [0.05, 0.1) is 18.1 Å². The lowest BCUT2D eigenvalue weighted by atomic mass is 9.87. The lowest BCUT2D eigenvalue weighted by Crippen LogP contribution is -2.11. The molecule has 4 nitrogen and oxygen atoms in total. The van der Waals surface area contributed by atoms with Crippen molar-refractivity contribution < 1.29 is 4.74 Å². The molecule has 0 aliphatic heterocycles. The molecule has 1 aromatic carbocycles. The minimum Gasteiger partial charge on any atom is -0.486 e. The lowest BCUT2D eigenvalue weighted by Gasteiger charge is -2.19. The lowest BCUT2D eigenvalue weighted by molar-refractivity contribution is 0.295. The topological polar surface area (TPSA) is 61.0 Å². The maximum Gasteiger partial charge on any atom is 0.166 e. The van der Waals surface area contributed by atoms with Crippen LogP contribution in [0.25, 0.3) is 0 Å². The van der Waals surface area contributed by atoms with E-state index < -0.39 is 0 Å². The van der Waals surface area contributed by atoms with E-state index in [0.29, 0.717) is 18.1 Å². The molecule has 2 rings (SSSR count). The molecule has 0 saturated heterocycles. The third-order valence-corrected chi connectivity index (χ3v) is 2.79. The zero-order chi connectivity index (χ0) is 13.9. The second kappa shape index (κ2) is 5.26. The van der Waals surface area contributed by atoms with Crippen molar-refractivity contribution in [3.8, 4) is 5.75 Å². The monoisotopic (exact) mass is 257 g/mol. The maximum absolute atomic E-state index is 5.70. The number of ether oxygens (including phenoxy) is 1. The number of hydrogen-bond acceptors (Lipinski definition) is 4. The molecule has 2 N–H and O–H groups in total. The molecule has 1 heterocycles. The Morgan fingerprint density at radius 3 is 2.47 bits per heavy atom. The van der Waals surface area contributed by atoms with E-state index >= 15 is 0 Å². The van der Waals surface area contributed by atoms with Gasteiger partial charge in [0.1, 0.15) is 12.4 Å².